The van der Waals surface area contributed by atoms with E-state index in [1.807, 2.05) is 30.3 Å². The average Bonchev–Trinajstić information content (AvgIpc) is 2.58. The number of aryl methyl sites for hydroxylation is 1. The van der Waals surface area contributed by atoms with Crippen molar-refractivity contribution in [1.29, 1.82) is 0 Å². The van der Waals surface area contributed by atoms with Gasteiger partial charge < -0.3 is 16.8 Å². The lowest BCUT2D eigenvalue weighted by Crippen LogP contribution is -2.31. The lowest BCUT2D eigenvalue weighted by molar-refractivity contribution is -0.121. The molecule has 0 aliphatic carbocycles. The number of amides is 1. The Hall–Kier alpha value is -1.75. The topological polar surface area (TPSA) is 81.1 Å². The molecule has 5 N–H and O–H groups in total. The molecule has 0 aliphatic heterocycles. The predicted molar refractivity (Wildman–Crippen MR) is 110 cm³/mol. The van der Waals surface area contributed by atoms with Crippen LogP contribution in [-0.4, -0.2) is 19.0 Å². The summed E-state index contributed by atoms with van der Waals surface area (Å²) in [5.74, 6) is -0.629. The number of benzene rings is 2. The SMILES string of the molecule is Cl.Cl.NCC(Cc1ccc(NCCCc2ccccc2)cc1)C(N)=O. The fraction of sp³-hybridized carbons (Fsp3) is 0.316. The summed E-state index contributed by atoms with van der Waals surface area (Å²) >= 11 is 0. The van der Waals surface area contributed by atoms with Crippen molar-refractivity contribution in [2.45, 2.75) is 19.3 Å². The Morgan fingerprint density at radius 3 is 2.16 bits per heavy atom. The molecule has 6 heteroatoms. The number of primary amides is 1. The highest BCUT2D eigenvalue weighted by molar-refractivity contribution is 5.85. The van der Waals surface area contributed by atoms with Gasteiger partial charge in [-0.3, -0.25) is 4.79 Å². The van der Waals surface area contributed by atoms with E-state index >= 15 is 0 Å². The molecule has 25 heavy (non-hydrogen) atoms. The van der Waals surface area contributed by atoms with Gasteiger partial charge in [0.05, 0.1) is 5.92 Å². The molecular formula is C19H27Cl2N3O. The van der Waals surface area contributed by atoms with Crippen molar-refractivity contribution in [2.75, 3.05) is 18.4 Å². The van der Waals surface area contributed by atoms with E-state index in [1.54, 1.807) is 0 Å². The van der Waals surface area contributed by atoms with Crippen LogP contribution in [0.3, 0.4) is 0 Å². The van der Waals surface area contributed by atoms with Gasteiger partial charge in [0, 0.05) is 18.8 Å². The Labute approximate surface area is 162 Å². The molecule has 0 saturated heterocycles. The minimum Gasteiger partial charge on any atom is -0.385 e. The Bertz CT molecular complexity index is 606. The van der Waals surface area contributed by atoms with E-state index in [0.717, 1.165) is 30.6 Å². The first kappa shape index (κ1) is 23.2. The number of rotatable bonds is 9. The number of carbonyl (C=O) groups excluding carboxylic acids is 1. The minimum absolute atomic E-state index is 0. The molecule has 2 rings (SSSR count). The van der Waals surface area contributed by atoms with Crippen molar-refractivity contribution in [2.24, 2.45) is 17.4 Å². The zero-order valence-corrected chi connectivity index (χ0v) is 15.8. The third-order valence-electron chi connectivity index (χ3n) is 3.94. The van der Waals surface area contributed by atoms with Crippen LogP contribution in [0.4, 0.5) is 5.69 Å². The highest BCUT2D eigenvalue weighted by Crippen LogP contribution is 2.13. The van der Waals surface area contributed by atoms with Crippen molar-refractivity contribution in [1.82, 2.24) is 0 Å². The van der Waals surface area contributed by atoms with Crippen molar-refractivity contribution in [3.8, 4) is 0 Å². The summed E-state index contributed by atoms with van der Waals surface area (Å²) in [5, 5.41) is 3.42. The predicted octanol–water partition coefficient (Wildman–Crippen LogP) is 3.18. The third kappa shape index (κ3) is 8.25. The number of carbonyl (C=O) groups is 1. The van der Waals surface area contributed by atoms with Crippen LogP contribution in [0, 0.1) is 5.92 Å². The number of hydrogen-bond donors (Lipinski definition) is 3. The Balaban J connectivity index is 0.00000288. The van der Waals surface area contributed by atoms with Crippen LogP contribution in [0.5, 0.6) is 0 Å². The van der Waals surface area contributed by atoms with Crippen LogP contribution in [0.1, 0.15) is 17.5 Å². The van der Waals surface area contributed by atoms with Gasteiger partial charge in [-0.2, -0.15) is 0 Å². The van der Waals surface area contributed by atoms with Gasteiger partial charge in [-0.05, 0) is 42.5 Å². The Morgan fingerprint density at radius 2 is 1.60 bits per heavy atom. The van der Waals surface area contributed by atoms with Gasteiger partial charge in [-0.25, -0.2) is 0 Å². The summed E-state index contributed by atoms with van der Waals surface area (Å²) in [4.78, 5) is 11.2. The van der Waals surface area contributed by atoms with E-state index in [2.05, 4.69) is 29.6 Å². The number of hydrogen-bond acceptors (Lipinski definition) is 3. The lowest BCUT2D eigenvalue weighted by atomic mass is 9.99. The second-order valence-electron chi connectivity index (χ2n) is 5.75. The van der Waals surface area contributed by atoms with Gasteiger partial charge in [0.1, 0.15) is 0 Å². The first-order valence-corrected chi connectivity index (χ1v) is 8.05. The lowest BCUT2D eigenvalue weighted by Gasteiger charge is -2.11. The maximum Gasteiger partial charge on any atom is 0.222 e. The Morgan fingerprint density at radius 1 is 0.960 bits per heavy atom. The van der Waals surface area contributed by atoms with Crippen molar-refractivity contribution in [3.05, 3.63) is 65.7 Å². The standard InChI is InChI=1S/C19H25N3O.2ClH/c20-14-17(19(21)23)13-16-8-10-18(11-9-16)22-12-4-7-15-5-2-1-3-6-15;;/h1-3,5-6,8-11,17,22H,4,7,12-14,20H2,(H2,21,23);2*1H. The number of nitrogens with two attached hydrogens (primary N) is 2. The molecule has 0 radical (unpaired) electrons. The van der Waals surface area contributed by atoms with Crippen molar-refractivity contribution in [3.63, 3.8) is 0 Å². The van der Waals surface area contributed by atoms with Crippen LogP contribution in [-0.2, 0) is 17.6 Å². The maximum atomic E-state index is 11.2. The van der Waals surface area contributed by atoms with E-state index in [1.165, 1.54) is 5.56 Å². The van der Waals surface area contributed by atoms with E-state index in [4.69, 9.17) is 11.5 Å². The molecule has 2 aromatic carbocycles. The van der Waals surface area contributed by atoms with Crippen LogP contribution in [0.2, 0.25) is 0 Å². The second kappa shape index (κ2) is 12.6. The van der Waals surface area contributed by atoms with Crippen LogP contribution in [0.15, 0.2) is 54.6 Å². The van der Waals surface area contributed by atoms with E-state index in [9.17, 15) is 4.79 Å². The zero-order valence-electron chi connectivity index (χ0n) is 14.2. The summed E-state index contributed by atoms with van der Waals surface area (Å²) < 4.78 is 0. The normalized spacial score (nSPS) is 10.9. The highest BCUT2D eigenvalue weighted by Gasteiger charge is 2.13. The van der Waals surface area contributed by atoms with Crippen LogP contribution in [0.25, 0.3) is 0 Å². The monoisotopic (exact) mass is 383 g/mol. The molecule has 0 aromatic heterocycles. The summed E-state index contributed by atoms with van der Waals surface area (Å²) in [7, 11) is 0. The molecule has 1 amide bonds. The molecule has 2 aromatic rings. The quantitative estimate of drug-likeness (QED) is 0.581. The first-order valence-electron chi connectivity index (χ1n) is 8.05. The van der Waals surface area contributed by atoms with E-state index in [0.29, 0.717) is 6.42 Å². The van der Waals surface area contributed by atoms with Gasteiger partial charge in [0.2, 0.25) is 5.91 Å². The molecule has 0 aliphatic rings. The largest absolute Gasteiger partial charge is 0.385 e. The van der Waals surface area contributed by atoms with Crippen molar-refractivity contribution >= 4 is 36.4 Å². The molecule has 4 nitrogen and oxygen atoms in total. The van der Waals surface area contributed by atoms with Crippen molar-refractivity contribution < 1.29 is 4.79 Å². The third-order valence-corrected chi connectivity index (χ3v) is 3.94. The molecule has 0 fully saturated rings. The van der Waals surface area contributed by atoms with Gasteiger partial charge >= 0.3 is 0 Å². The fourth-order valence-corrected chi connectivity index (χ4v) is 2.51. The van der Waals surface area contributed by atoms with E-state index < -0.39 is 0 Å². The zero-order chi connectivity index (χ0) is 16.5. The number of nitrogens with one attached hydrogen (secondary N) is 1. The number of anilines is 1. The van der Waals surface area contributed by atoms with Gasteiger partial charge in [-0.1, -0.05) is 42.5 Å². The maximum absolute atomic E-state index is 11.2. The molecular weight excluding hydrogens is 357 g/mol. The second-order valence-corrected chi connectivity index (χ2v) is 5.75. The first-order chi connectivity index (χ1) is 11.2. The molecule has 0 bridgehead atoms. The summed E-state index contributed by atoms with van der Waals surface area (Å²) in [6, 6.07) is 18.6. The molecule has 0 heterocycles. The summed E-state index contributed by atoms with van der Waals surface area (Å²) in [5.41, 5.74) is 14.4. The minimum atomic E-state index is -0.337. The van der Waals surface area contributed by atoms with Crippen LogP contribution < -0.4 is 16.8 Å². The van der Waals surface area contributed by atoms with E-state index in [-0.39, 0.29) is 43.2 Å². The van der Waals surface area contributed by atoms with Gasteiger partial charge in [0.25, 0.3) is 0 Å². The molecule has 0 spiro atoms. The van der Waals surface area contributed by atoms with Gasteiger partial charge in [0.15, 0.2) is 0 Å². The molecule has 1 atom stereocenters. The molecule has 1 unspecified atom stereocenters. The highest BCUT2D eigenvalue weighted by atomic mass is 35.5. The number of halogens is 2. The van der Waals surface area contributed by atoms with Crippen LogP contribution >= 0.6 is 24.8 Å². The fourth-order valence-electron chi connectivity index (χ4n) is 2.51. The summed E-state index contributed by atoms with van der Waals surface area (Å²) in [6.07, 6.45) is 2.76. The molecule has 0 saturated carbocycles. The summed E-state index contributed by atoms with van der Waals surface area (Å²) in [6.45, 7) is 1.22. The molecule has 138 valence electrons. The van der Waals surface area contributed by atoms with Gasteiger partial charge in [-0.15, -0.1) is 24.8 Å². The smallest absolute Gasteiger partial charge is 0.222 e. The Kier molecular flexibility index (Phi) is 11.7. The average molecular weight is 384 g/mol.